The van der Waals surface area contributed by atoms with Gasteiger partial charge in [-0.2, -0.15) is 0 Å². The van der Waals surface area contributed by atoms with Crippen LogP contribution in [0.5, 0.6) is 0 Å². The molecule has 0 aliphatic carbocycles. The number of furan rings is 1. The lowest BCUT2D eigenvalue weighted by atomic mass is 10.0. The third-order valence-corrected chi connectivity index (χ3v) is 4.07. The van der Waals surface area contributed by atoms with E-state index in [-0.39, 0.29) is 10.6 Å². The fourth-order valence-electron chi connectivity index (χ4n) is 2.69. The highest BCUT2D eigenvalue weighted by Gasteiger charge is 2.31. The standard InChI is InChI=1S/C15H15ClF2N2O/c16-14-11(18)4-3-10(17)13(14)15(12-2-1-9-21-12)20-7-5-19-6-8-20/h1-4,9,15,19H,5-8H2/t15-/m0/s1. The second-order valence-corrected chi connectivity index (χ2v) is 5.34. The Bertz CT molecular complexity index is 612. The monoisotopic (exact) mass is 312 g/mol. The molecule has 1 N–H and O–H groups in total. The van der Waals surface area contributed by atoms with E-state index in [0.29, 0.717) is 18.8 Å². The molecule has 0 radical (unpaired) electrons. The summed E-state index contributed by atoms with van der Waals surface area (Å²) < 4.78 is 33.5. The lowest BCUT2D eigenvalue weighted by Gasteiger charge is -2.34. The van der Waals surface area contributed by atoms with Crippen molar-refractivity contribution in [3.8, 4) is 0 Å². The molecule has 1 aliphatic heterocycles. The number of piperazine rings is 1. The highest BCUT2D eigenvalue weighted by atomic mass is 35.5. The largest absolute Gasteiger partial charge is 0.467 e. The predicted molar refractivity (Wildman–Crippen MR) is 76.4 cm³/mol. The van der Waals surface area contributed by atoms with E-state index in [4.69, 9.17) is 16.0 Å². The van der Waals surface area contributed by atoms with Gasteiger partial charge in [-0.3, -0.25) is 4.90 Å². The maximum atomic E-state index is 14.3. The molecular formula is C15H15ClF2N2O. The van der Waals surface area contributed by atoms with Crippen LogP contribution in [-0.4, -0.2) is 31.1 Å². The summed E-state index contributed by atoms with van der Waals surface area (Å²) in [5, 5.41) is 3.05. The Kier molecular flexibility index (Phi) is 4.24. The first-order valence-electron chi connectivity index (χ1n) is 6.80. The van der Waals surface area contributed by atoms with E-state index < -0.39 is 17.7 Å². The summed E-state index contributed by atoms with van der Waals surface area (Å²) in [6, 6.07) is 5.11. The highest BCUT2D eigenvalue weighted by molar-refractivity contribution is 6.31. The molecule has 0 saturated carbocycles. The van der Waals surface area contributed by atoms with Gasteiger partial charge in [0.1, 0.15) is 17.4 Å². The van der Waals surface area contributed by atoms with Crippen LogP contribution in [0.2, 0.25) is 5.02 Å². The molecule has 1 fully saturated rings. The van der Waals surface area contributed by atoms with E-state index in [1.807, 2.05) is 4.90 Å². The molecule has 3 nitrogen and oxygen atoms in total. The first-order chi connectivity index (χ1) is 10.2. The Hall–Kier alpha value is -1.43. The average Bonchev–Trinajstić information content (AvgIpc) is 3.02. The van der Waals surface area contributed by atoms with Crippen molar-refractivity contribution in [3.63, 3.8) is 0 Å². The normalized spacial score (nSPS) is 17.9. The summed E-state index contributed by atoms with van der Waals surface area (Å²) in [4.78, 5) is 2.04. The van der Waals surface area contributed by atoms with Crippen molar-refractivity contribution < 1.29 is 13.2 Å². The van der Waals surface area contributed by atoms with Crippen LogP contribution in [0.25, 0.3) is 0 Å². The van der Waals surface area contributed by atoms with Crippen LogP contribution < -0.4 is 5.32 Å². The molecule has 1 saturated heterocycles. The maximum absolute atomic E-state index is 14.3. The minimum absolute atomic E-state index is 0.133. The smallest absolute Gasteiger partial charge is 0.142 e. The van der Waals surface area contributed by atoms with Gasteiger partial charge in [0.05, 0.1) is 17.3 Å². The Labute approximate surface area is 126 Å². The van der Waals surface area contributed by atoms with Crippen LogP contribution in [0.15, 0.2) is 34.9 Å². The van der Waals surface area contributed by atoms with Crippen molar-refractivity contribution in [2.75, 3.05) is 26.2 Å². The molecule has 0 spiro atoms. The fraction of sp³-hybridized carbons (Fsp3) is 0.333. The van der Waals surface area contributed by atoms with E-state index in [1.54, 1.807) is 12.1 Å². The van der Waals surface area contributed by atoms with E-state index in [1.165, 1.54) is 6.26 Å². The lowest BCUT2D eigenvalue weighted by Crippen LogP contribution is -2.45. The Morgan fingerprint density at radius 2 is 1.86 bits per heavy atom. The molecule has 0 amide bonds. The van der Waals surface area contributed by atoms with Gasteiger partial charge in [0, 0.05) is 31.7 Å². The minimum Gasteiger partial charge on any atom is -0.467 e. The van der Waals surface area contributed by atoms with Crippen molar-refractivity contribution in [1.82, 2.24) is 10.2 Å². The molecule has 112 valence electrons. The van der Waals surface area contributed by atoms with Crippen LogP contribution in [-0.2, 0) is 0 Å². The topological polar surface area (TPSA) is 28.4 Å². The minimum atomic E-state index is -0.625. The van der Waals surface area contributed by atoms with Gasteiger partial charge in [-0.25, -0.2) is 8.78 Å². The zero-order chi connectivity index (χ0) is 14.8. The van der Waals surface area contributed by atoms with Crippen molar-refractivity contribution >= 4 is 11.6 Å². The SMILES string of the molecule is Fc1ccc(F)c([C@H](c2ccco2)N2CCNCC2)c1Cl. The third-order valence-electron chi connectivity index (χ3n) is 3.68. The number of benzene rings is 1. The molecule has 1 aromatic carbocycles. The average molecular weight is 313 g/mol. The molecule has 3 rings (SSSR count). The Morgan fingerprint density at radius 1 is 1.14 bits per heavy atom. The summed E-state index contributed by atoms with van der Waals surface area (Å²) >= 11 is 6.03. The van der Waals surface area contributed by atoms with Crippen LogP contribution in [0.4, 0.5) is 8.78 Å². The van der Waals surface area contributed by atoms with Crippen LogP contribution in [0.3, 0.4) is 0 Å². The van der Waals surface area contributed by atoms with E-state index in [0.717, 1.165) is 25.2 Å². The van der Waals surface area contributed by atoms with Gasteiger partial charge in [-0.15, -0.1) is 0 Å². The number of halogens is 3. The van der Waals surface area contributed by atoms with Crippen molar-refractivity contribution in [2.24, 2.45) is 0 Å². The summed E-state index contributed by atoms with van der Waals surface area (Å²) in [5.74, 6) is -0.593. The highest BCUT2D eigenvalue weighted by Crippen LogP contribution is 2.36. The molecule has 2 aromatic rings. The summed E-state index contributed by atoms with van der Waals surface area (Å²) in [6.07, 6.45) is 1.52. The number of hydrogen-bond donors (Lipinski definition) is 1. The Morgan fingerprint density at radius 3 is 2.52 bits per heavy atom. The van der Waals surface area contributed by atoms with Gasteiger partial charge in [-0.05, 0) is 24.3 Å². The Balaban J connectivity index is 2.09. The van der Waals surface area contributed by atoms with Crippen LogP contribution >= 0.6 is 11.6 Å². The van der Waals surface area contributed by atoms with Gasteiger partial charge in [0.15, 0.2) is 0 Å². The number of rotatable bonds is 3. The molecule has 1 aromatic heterocycles. The molecule has 1 atom stereocenters. The van der Waals surface area contributed by atoms with Crippen molar-refractivity contribution in [1.29, 1.82) is 0 Å². The number of nitrogens with one attached hydrogen (secondary N) is 1. The zero-order valence-corrected chi connectivity index (χ0v) is 12.0. The van der Waals surface area contributed by atoms with E-state index in [9.17, 15) is 8.78 Å². The molecule has 6 heteroatoms. The predicted octanol–water partition coefficient (Wildman–Crippen LogP) is 3.21. The summed E-state index contributed by atoms with van der Waals surface area (Å²) in [6.45, 7) is 2.98. The van der Waals surface area contributed by atoms with Crippen LogP contribution in [0, 0.1) is 11.6 Å². The molecule has 1 aliphatic rings. The quantitative estimate of drug-likeness (QED) is 0.882. The molecular weight excluding hydrogens is 298 g/mol. The fourth-order valence-corrected chi connectivity index (χ4v) is 2.94. The van der Waals surface area contributed by atoms with Gasteiger partial charge < -0.3 is 9.73 Å². The molecule has 2 heterocycles. The second-order valence-electron chi connectivity index (χ2n) is 4.96. The summed E-state index contributed by atoms with van der Waals surface area (Å²) in [5.41, 5.74) is 0.133. The molecule has 0 unspecified atom stereocenters. The van der Waals surface area contributed by atoms with Gasteiger partial charge in [0.25, 0.3) is 0 Å². The van der Waals surface area contributed by atoms with Crippen molar-refractivity contribution in [3.05, 3.63) is 58.5 Å². The number of nitrogens with zero attached hydrogens (tertiary/aromatic N) is 1. The zero-order valence-electron chi connectivity index (χ0n) is 11.3. The third kappa shape index (κ3) is 2.81. The lowest BCUT2D eigenvalue weighted by molar-refractivity contribution is 0.177. The molecule has 0 bridgehead atoms. The van der Waals surface area contributed by atoms with E-state index >= 15 is 0 Å². The maximum Gasteiger partial charge on any atom is 0.142 e. The molecule has 21 heavy (non-hydrogen) atoms. The van der Waals surface area contributed by atoms with Crippen molar-refractivity contribution in [2.45, 2.75) is 6.04 Å². The summed E-state index contributed by atoms with van der Waals surface area (Å²) in [7, 11) is 0. The first-order valence-corrected chi connectivity index (χ1v) is 7.18. The van der Waals surface area contributed by atoms with Gasteiger partial charge in [0.2, 0.25) is 0 Å². The first kappa shape index (κ1) is 14.5. The van der Waals surface area contributed by atoms with Gasteiger partial charge >= 0.3 is 0 Å². The van der Waals surface area contributed by atoms with Crippen LogP contribution in [0.1, 0.15) is 17.4 Å². The van der Waals surface area contributed by atoms with E-state index in [2.05, 4.69) is 5.32 Å². The number of hydrogen-bond acceptors (Lipinski definition) is 3. The second kappa shape index (κ2) is 6.13. The van der Waals surface area contributed by atoms with Gasteiger partial charge in [-0.1, -0.05) is 11.6 Å².